The third-order valence-electron chi connectivity index (χ3n) is 6.31. The van der Waals surface area contributed by atoms with Crippen LogP contribution in [-0.4, -0.2) is 39.5 Å². The van der Waals surface area contributed by atoms with Crippen molar-refractivity contribution in [1.29, 1.82) is 5.41 Å². The summed E-state index contributed by atoms with van der Waals surface area (Å²) in [7, 11) is 0. The van der Waals surface area contributed by atoms with Gasteiger partial charge in [0.1, 0.15) is 23.8 Å². The molecule has 0 fully saturated rings. The fraction of sp³-hybridized carbons (Fsp3) is 0.323. The molecule has 0 aliphatic heterocycles. The molecule has 1 heterocycles. The number of carbonyl (C=O) groups excluding carboxylic acids is 1. The average Bonchev–Trinajstić information content (AvgIpc) is 3.30. The van der Waals surface area contributed by atoms with E-state index in [0.29, 0.717) is 23.7 Å². The maximum atomic E-state index is 12.1. The highest BCUT2D eigenvalue weighted by Gasteiger charge is 2.20. The van der Waals surface area contributed by atoms with Crippen molar-refractivity contribution in [3.63, 3.8) is 0 Å². The van der Waals surface area contributed by atoms with Gasteiger partial charge in [0.05, 0.1) is 30.2 Å². The second-order valence-electron chi connectivity index (χ2n) is 9.93. The summed E-state index contributed by atoms with van der Waals surface area (Å²) in [6, 6.07) is 19.1. The molecular formula is C31H36N4O5. The number of para-hydroxylation sites is 2. The molecule has 0 radical (unpaired) electrons. The van der Waals surface area contributed by atoms with Crippen molar-refractivity contribution in [3.8, 4) is 22.6 Å². The van der Waals surface area contributed by atoms with Crippen LogP contribution in [0.25, 0.3) is 22.0 Å². The zero-order valence-electron chi connectivity index (χ0n) is 23.5. The summed E-state index contributed by atoms with van der Waals surface area (Å²) in [4.78, 5) is 12.1. The summed E-state index contributed by atoms with van der Waals surface area (Å²) in [6.07, 6.45) is -0.0142. The van der Waals surface area contributed by atoms with Crippen LogP contribution in [0.2, 0.25) is 0 Å². The SMILES string of the molecule is CCOC(=O)Cc1ccccc1OCc1nn(C(C)C)c2ccc(-c3cccc(C(=N)NO)c3OC(C)C)cc12. The highest BCUT2D eigenvalue weighted by molar-refractivity contribution is 6.01. The highest BCUT2D eigenvalue weighted by atomic mass is 16.5. The Bertz CT molecular complexity index is 1510. The molecule has 0 unspecified atom stereocenters. The van der Waals surface area contributed by atoms with Gasteiger partial charge in [-0.2, -0.15) is 5.10 Å². The van der Waals surface area contributed by atoms with Crippen LogP contribution in [0, 0.1) is 5.41 Å². The Morgan fingerprint density at radius 3 is 2.55 bits per heavy atom. The van der Waals surface area contributed by atoms with Crippen LogP contribution in [0.4, 0.5) is 0 Å². The monoisotopic (exact) mass is 544 g/mol. The van der Waals surface area contributed by atoms with Crippen LogP contribution >= 0.6 is 0 Å². The van der Waals surface area contributed by atoms with Crippen molar-refractivity contribution < 1.29 is 24.2 Å². The summed E-state index contributed by atoms with van der Waals surface area (Å²) >= 11 is 0. The Hall–Kier alpha value is -4.37. The standard InChI is InChI=1S/C31H36N4O5/c1-6-38-29(36)17-22-10-7-8-13-28(22)39-18-26-25-16-21(14-15-27(25)35(33-26)19(2)3)23-11-9-12-24(31(32)34-37)30(23)40-20(4)5/h7-16,19-20,37H,6,17-18H2,1-5H3,(H2,32,34). The molecule has 3 aromatic carbocycles. The van der Waals surface area contributed by atoms with Crippen LogP contribution in [-0.2, 0) is 22.6 Å². The van der Waals surface area contributed by atoms with E-state index in [1.165, 1.54) is 0 Å². The van der Waals surface area contributed by atoms with E-state index in [0.717, 1.165) is 33.3 Å². The lowest BCUT2D eigenvalue weighted by molar-refractivity contribution is -0.142. The number of nitrogens with zero attached hydrogens (tertiary/aromatic N) is 2. The minimum Gasteiger partial charge on any atom is -0.490 e. The molecule has 40 heavy (non-hydrogen) atoms. The van der Waals surface area contributed by atoms with Gasteiger partial charge in [0, 0.05) is 22.6 Å². The number of esters is 1. The van der Waals surface area contributed by atoms with Gasteiger partial charge in [-0.3, -0.25) is 25.6 Å². The number of aromatic nitrogens is 2. The molecule has 0 atom stereocenters. The van der Waals surface area contributed by atoms with Gasteiger partial charge in [-0.25, -0.2) is 0 Å². The fourth-order valence-electron chi connectivity index (χ4n) is 4.56. The summed E-state index contributed by atoms with van der Waals surface area (Å²) < 4.78 is 19.4. The Morgan fingerprint density at radius 1 is 1.07 bits per heavy atom. The number of carbonyl (C=O) groups is 1. The van der Waals surface area contributed by atoms with E-state index >= 15 is 0 Å². The molecule has 0 spiro atoms. The number of amidine groups is 1. The molecule has 0 saturated heterocycles. The van der Waals surface area contributed by atoms with E-state index in [1.807, 2.05) is 78.6 Å². The number of rotatable bonds is 11. The number of hydroxylamine groups is 1. The number of hydrogen-bond acceptors (Lipinski definition) is 7. The van der Waals surface area contributed by atoms with Gasteiger partial charge >= 0.3 is 5.97 Å². The lowest BCUT2D eigenvalue weighted by Gasteiger charge is -2.19. The number of benzene rings is 3. The molecule has 1 aromatic heterocycles. The van der Waals surface area contributed by atoms with Gasteiger partial charge in [0.2, 0.25) is 0 Å². The lowest BCUT2D eigenvalue weighted by Crippen LogP contribution is -2.21. The van der Waals surface area contributed by atoms with Gasteiger partial charge in [0.15, 0.2) is 5.84 Å². The second kappa shape index (κ2) is 12.7. The van der Waals surface area contributed by atoms with Gasteiger partial charge in [-0.1, -0.05) is 36.4 Å². The Kier molecular flexibility index (Phi) is 9.06. The molecule has 4 rings (SSSR count). The van der Waals surface area contributed by atoms with Crippen molar-refractivity contribution in [2.45, 2.75) is 59.8 Å². The topological polar surface area (TPSA) is 119 Å². The number of ether oxygens (including phenoxy) is 3. The Labute approximate surface area is 234 Å². The lowest BCUT2D eigenvalue weighted by atomic mass is 9.99. The molecule has 0 aliphatic rings. The normalized spacial score (nSPS) is 11.2. The molecule has 210 valence electrons. The summed E-state index contributed by atoms with van der Waals surface area (Å²) in [5.74, 6) is 0.658. The highest BCUT2D eigenvalue weighted by Crippen LogP contribution is 2.37. The molecular weight excluding hydrogens is 508 g/mol. The first-order valence-corrected chi connectivity index (χ1v) is 13.4. The van der Waals surface area contributed by atoms with Crippen molar-refractivity contribution in [2.75, 3.05) is 6.61 Å². The second-order valence-corrected chi connectivity index (χ2v) is 9.93. The quantitative estimate of drug-likeness (QED) is 0.0909. The first-order chi connectivity index (χ1) is 19.2. The fourth-order valence-corrected chi connectivity index (χ4v) is 4.56. The molecule has 9 nitrogen and oxygen atoms in total. The predicted molar refractivity (Wildman–Crippen MR) is 154 cm³/mol. The van der Waals surface area contributed by atoms with Crippen molar-refractivity contribution in [2.24, 2.45) is 0 Å². The van der Waals surface area contributed by atoms with Gasteiger partial charge in [-0.05, 0) is 64.4 Å². The molecule has 0 saturated carbocycles. The van der Waals surface area contributed by atoms with E-state index in [2.05, 4.69) is 13.8 Å². The molecule has 3 N–H and O–H groups in total. The van der Waals surface area contributed by atoms with E-state index in [1.54, 1.807) is 13.0 Å². The minimum absolute atomic E-state index is 0.123. The van der Waals surface area contributed by atoms with Crippen LogP contribution in [0.1, 0.15) is 57.5 Å². The van der Waals surface area contributed by atoms with Gasteiger partial charge < -0.3 is 14.2 Å². The largest absolute Gasteiger partial charge is 0.490 e. The van der Waals surface area contributed by atoms with E-state index in [9.17, 15) is 10.0 Å². The Balaban J connectivity index is 1.75. The zero-order valence-corrected chi connectivity index (χ0v) is 23.5. The van der Waals surface area contributed by atoms with Crippen LogP contribution in [0.3, 0.4) is 0 Å². The number of hydrogen-bond donors (Lipinski definition) is 3. The zero-order chi connectivity index (χ0) is 28.8. The molecule has 4 aromatic rings. The molecule has 0 amide bonds. The molecule has 0 aliphatic carbocycles. The first kappa shape index (κ1) is 28.6. The number of fused-ring (bicyclic) bond motifs is 1. The summed E-state index contributed by atoms with van der Waals surface area (Å²) in [5, 5.41) is 23.4. The number of nitrogens with one attached hydrogen (secondary N) is 2. The minimum atomic E-state index is -0.302. The van der Waals surface area contributed by atoms with E-state index in [-0.39, 0.29) is 37.0 Å². The van der Waals surface area contributed by atoms with Crippen molar-refractivity contribution >= 4 is 22.7 Å². The molecule has 9 heteroatoms. The van der Waals surface area contributed by atoms with Gasteiger partial charge in [0.25, 0.3) is 0 Å². The van der Waals surface area contributed by atoms with Gasteiger partial charge in [-0.15, -0.1) is 0 Å². The van der Waals surface area contributed by atoms with Crippen LogP contribution in [0.5, 0.6) is 11.5 Å². The smallest absolute Gasteiger partial charge is 0.310 e. The maximum Gasteiger partial charge on any atom is 0.310 e. The van der Waals surface area contributed by atoms with Crippen LogP contribution < -0.4 is 15.0 Å². The van der Waals surface area contributed by atoms with Crippen LogP contribution in [0.15, 0.2) is 60.7 Å². The first-order valence-electron chi connectivity index (χ1n) is 13.4. The van der Waals surface area contributed by atoms with E-state index in [4.69, 9.17) is 24.7 Å². The van der Waals surface area contributed by atoms with E-state index < -0.39 is 0 Å². The van der Waals surface area contributed by atoms with Crippen molar-refractivity contribution in [1.82, 2.24) is 15.3 Å². The van der Waals surface area contributed by atoms with Crippen molar-refractivity contribution in [3.05, 3.63) is 77.5 Å². The summed E-state index contributed by atoms with van der Waals surface area (Å²) in [6.45, 7) is 10.3. The third-order valence-corrected chi connectivity index (χ3v) is 6.31. The Morgan fingerprint density at radius 2 is 1.85 bits per heavy atom. The summed E-state index contributed by atoms with van der Waals surface area (Å²) in [5.41, 5.74) is 6.51. The predicted octanol–water partition coefficient (Wildman–Crippen LogP) is 6.06. The molecule has 0 bridgehead atoms. The maximum absolute atomic E-state index is 12.1. The third kappa shape index (κ3) is 6.26. The average molecular weight is 545 g/mol.